The Balaban J connectivity index is 1.68. The Morgan fingerprint density at radius 3 is 2.63 bits per heavy atom. The lowest BCUT2D eigenvalue weighted by Crippen LogP contribution is -2.28. The van der Waals surface area contributed by atoms with Crippen molar-refractivity contribution in [2.24, 2.45) is 0 Å². The van der Waals surface area contributed by atoms with Crippen molar-refractivity contribution in [3.63, 3.8) is 0 Å². The fourth-order valence-corrected chi connectivity index (χ4v) is 3.83. The van der Waals surface area contributed by atoms with Crippen LogP contribution in [0.3, 0.4) is 0 Å². The average Bonchev–Trinajstić information content (AvgIpc) is 3.32. The van der Waals surface area contributed by atoms with Gasteiger partial charge in [0.05, 0.1) is 22.0 Å². The van der Waals surface area contributed by atoms with E-state index < -0.39 is 0 Å². The molecule has 0 radical (unpaired) electrons. The zero-order valence-electron chi connectivity index (χ0n) is 15.3. The summed E-state index contributed by atoms with van der Waals surface area (Å²) in [5, 5.41) is 4.99. The van der Waals surface area contributed by atoms with Crippen LogP contribution in [0.4, 0.5) is 0 Å². The van der Waals surface area contributed by atoms with Gasteiger partial charge in [-0.05, 0) is 43.0 Å². The molecule has 0 fully saturated rings. The summed E-state index contributed by atoms with van der Waals surface area (Å²) in [5.41, 5.74) is 4.47. The minimum Gasteiger partial charge on any atom is -0.342 e. The first-order chi connectivity index (χ1) is 13.1. The van der Waals surface area contributed by atoms with E-state index in [-0.39, 0.29) is 11.9 Å². The summed E-state index contributed by atoms with van der Waals surface area (Å²) in [6, 6.07) is 20.2. The molecule has 2 aromatic carbocycles. The highest BCUT2D eigenvalue weighted by atomic mass is 32.1. The average molecular weight is 375 g/mol. The van der Waals surface area contributed by atoms with Crippen molar-refractivity contribution in [1.82, 2.24) is 14.9 Å². The third-order valence-electron chi connectivity index (χ3n) is 4.63. The number of hydrogen-bond acceptors (Lipinski definition) is 3. The molecule has 1 amide bonds. The maximum Gasteiger partial charge on any atom is 0.261 e. The number of nitrogens with zero attached hydrogens (tertiary/aromatic N) is 2. The second-order valence-electron chi connectivity index (χ2n) is 6.70. The quantitative estimate of drug-likeness (QED) is 0.537. The minimum atomic E-state index is -0.197. The second kappa shape index (κ2) is 7.37. The van der Waals surface area contributed by atoms with Crippen LogP contribution in [0.1, 0.15) is 39.6 Å². The molecule has 1 unspecified atom stereocenters. The Hall–Kier alpha value is -2.92. The zero-order valence-corrected chi connectivity index (χ0v) is 16.2. The van der Waals surface area contributed by atoms with Crippen molar-refractivity contribution in [3.05, 3.63) is 87.9 Å². The number of hydrogen-bond donors (Lipinski definition) is 1. The van der Waals surface area contributed by atoms with Crippen LogP contribution in [0, 0.1) is 6.92 Å². The predicted molar refractivity (Wildman–Crippen MR) is 110 cm³/mol. The highest BCUT2D eigenvalue weighted by Gasteiger charge is 2.19. The van der Waals surface area contributed by atoms with Gasteiger partial charge in [-0.3, -0.25) is 4.79 Å². The molecule has 0 aliphatic carbocycles. The maximum atomic E-state index is 12.5. The van der Waals surface area contributed by atoms with Crippen LogP contribution in [-0.2, 0) is 6.54 Å². The molecule has 0 aliphatic rings. The van der Waals surface area contributed by atoms with Gasteiger partial charge in [0.25, 0.3) is 5.91 Å². The fourth-order valence-electron chi connectivity index (χ4n) is 3.21. The number of imidazole rings is 1. The number of carbonyl (C=O) groups excluding carboxylic acids is 1. The summed E-state index contributed by atoms with van der Waals surface area (Å²) in [6.45, 7) is 4.79. The SMILES string of the molecule is Cc1ccc(Cn2c(C(C)NC(=O)c3cccs3)nc3ccccc32)cc1. The number of para-hydroxylation sites is 2. The van der Waals surface area contributed by atoms with E-state index in [1.165, 1.54) is 22.5 Å². The van der Waals surface area contributed by atoms with Crippen LogP contribution in [-0.4, -0.2) is 15.5 Å². The van der Waals surface area contributed by atoms with E-state index in [0.29, 0.717) is 4.88 Å². The highest BCUT2D eigenvalue weighted by molar-refractivity contribution is 7.12. The lowest BCUT2D eigenvalue weighted by Gasteiger charge is -2.16. The molecule has 0 bridgehead atoms. The van der Waals surface area contributed by atoms with Crippen LogP contribution in [0.2, 0.25) is 0 Å². The van der Waals surface area contributed by atoms with Gasteiger partial charge in [0.15, 0.2) is 0 Å². The van der Waals surface area contributed by atoms with Gasteiger partial charge < -0.3 is 9.88 Å². The van der Waals surface area contributed by atoms with Crippen molar-refractivity contribution < 1.29 is 4.79 Å². The van der Waals surface area contributed by atoms with Gasteiger partial charge in [-0.2, -0.15) is 0 Å². The molecule has 4 rings (SSSR count). The molecule has 2 aromatic heterocycles. The number of carbonyl (C=O) groups is 1. The molecule has 27 heavy (non-hydrogen) atoms. The second-order valence-corrected chi connectivity index (χ2v) is 7.65. The standard InChI is InChI=1S/C22H21N3OS/c1-15-9-11-17(12-10-15)14-25-19-7-4-3-6-18(19)24-21(25)16(2)23-22(26)20-8-5-13-27-20/h3-13,16H,14H2,1-2H3,(H,23,26). The summed E-state index contributed by atoms with van der Waals surface area (Å²) in [7, 11) is 0. The number of aryl methyl sites for hydroxylation is 1. The largest absolute Gasteiger partial charge is 0.342 e. The van der Waals surface area contributed by atoms with Crippen molar-refractivity contribution >= 4 is 28.3 Å². The molecule has 0 spiro atoms. The first kappa shape index (κ1) is 17.5. The van der Waals surface area contributed by atoms with Gasteiger partial charge in [-0.1, -0.05) is 48.0 Å². The molecular formula is C22H21N3OS. The van der Waals surface area contributed by atoms with Crippen LogP contribution in [0.5, 0.6) is 0 Å². The summed E-state index contributed by atoms with van der Waals surface area (Å²) in [4.78, 5) is 18.0. The van der Waals surface area contributed by atoms with Crippen molar-refractivity contribution in [3.8, 4) is 0 Å². The first-order valence-electron chi connectivity index (χ1n) is 8.97. The van der Waals surface area contributed by atoms with Crippen molar-refractivity contribution in [2.45, 2.75) is 26.4 Å². The summed E-state index contributed by atoms with van der Waals surface area (Å²) in [5.74, 6) is 0.799. The monoisotopic (exact) mass is 375 g/mol. The van der Waals surface area contributed by atoms with Crippen LogP contribution in [0.15, 0.2) is 66.0 Å². The van der Waals surface area contributed by atoms with E-state index in [2.05, 4.69) is 47.1 Å². The van der Waals surface area contributed by atoms with E-state index in [1.807, 2.05) is 42.6 Å². The molecule has 2 heterocycles. The number of nitrogens with one attached hydrogen (secondary N) is 1. The fraction of sp³-hybridized carbons (Fsp3) is 0.182. The molecule has 1 N–H and O–H groups in total. The third kappa shape index (κ3) is 3.64. The Bertz CT molecular complexity index is 1060. The third-order valence-corrected chi connectivity index (χ3v) is 5.49. The van der Waals surface area contributed by atoms with E-state index in [1.54, 1.807) is 0 Å². The Labute approximate surface area is 162 Å². The molecule has 5 heteroatoms. The molecule has 136 valence electrons. The highest BCUT2D eigenvalue weighted by Crippen LogP contribution is 2.23. The number of aromatic nitrogens is 2. The molecule has 1 atom stereocenters. The van der Waals surface area contributed by atoms with Gasteiger partial charge in [-0.15, -0.1) is 11.3 Å². The zero-order chi connectivity index (χ0) is 18.8. The Morgan fingerprint density at radius 1 is 1.11 bits per heavy atom. The normalized spacial score (nSPS) is 12.2. The van der Waals surface area contributed by atoms with Crippen LogP contribution < -0.4 is 5.32 Å². The lowest BCUT2D eigenvalue weighted by atomic mass is 10.1. The summed E-state index contributed by atoms with van der Waals surface area (Å²) in [6.07, 6.45) is 0. The molecule has 0 aliphatic heterocycles. The van der Waals surface area contributed by atoms with Gasteiger partial charge in [-0.25, -0.2) is 4.98 Å². The molecule has 4 aromatic rings. The van der Waals surface area contributed by atoms with E-state index >= 15 is 0 Å². The Morgan fingerprint density at radius 2 is 1.89 bits per heavy atom. The Kier molecular flexibility index (Phi) is 4.77. The number of thiophene rings is 1. The number of fused-ring (bicyclic) bond motifs is 1. The van der Waals surface area contributed by atoms with Gasteiger partial charge in [0, 0.05) is 6.54 Å². The first-order valence-corrected chi connectivity index (χ1v) is 9.85. The smallest absolute Gasteiger partial charge is 0.261 e. The predicted octanol–water partition coefficient (Wildman–Crippen LogP) is 4.95. The maximum absolute atomic E-state index is 12.5. The lowest BCUT2D eigenvalue weighted by molar-refractivity contribution is 0.0942. The van der Waals surface area contributed by atoms with Crippen molar-refractivity contribution in [1.29, 1.82) is 0 Å². The van der Waals surface area contributed by atoms with E-state index in [4.69, 9.17) is 4.98 Å². The number of benzene rings is 2. The van der Waals surface area contributed by atoms with Gasteiger partial charge >= 0.3 is 0 Å². The van der Waals surface area contributed by atoms with Crippen LogP contribution in [0.25, 0.3) is 11.0 Å². The molecule has 0 saturated carbocycles. The van der Waals surface area contributed by atoms with E-state index in [0.717, 1.165) is 23.4 Å². The van der Waals surface area contributed by atoms with E-state index in [9.17, 15) is 4.79 Å². The van der Waals surface area contributed by atoms with Gasteiger partial charge in [0.2, 0.25) is 0 Å². The number of amides is 1. The topological polar surface area (TPSA) is 46.9 Å². The minimum absolute atomic E-state index is 0.0635. The van der Waals surface area contributed by atoms with Crippen LogP contribution >= 0.6 is 11.3 Å². The molecule has 0 saturated heterocycles. The molecule has 4 nitrogen and oxygen atoms in total. The summed E-state index contributed by atoms with van der Waals surface area (Å²) >= 11 is 1.44. The summed E-state index contributed by atoms with van der Waals surface area (Å²) < 4.78 is 2.19. The molecular weight excluding hydrogens is 354 g/mol. The number of rotatable bonds is 5. The van der Waals surface area contributed by atoms with Gasteiger partial charge in [0.1, 0.15) is 5.82 Å². The van der Waals surface area contributed by atoms with Crippen molar-refractivity contribution in [2.75, 3.05) is 0 Å².